The lowest BCUT2D eigenvalue weighted by atomic mass is 10.2. The fraction of sp³-hybridized carbons (Fsp3) is 0.214. The Balaban J connectivity index is 2.23. The molecule has 1 aromatic carbocycles. The highest BCUT2D eigenvalue weighted by atomic mass is 16.5. The predicted octanol–water partition coefficient (Wildman–Crippen LogP) is 3.16. The van der Waals surface area contributed by atoms with Crippen LogP contribution in [0.3, 0.4) is 0 Å². The molecule has 0 spiro atoms. The number of methoxy groups -OCH3 is 1. The molecular weight excluding hydrogens is 230 g/mol. The molecule has 0 radical (unpaired) electrons. The van der Waals surface area contributed by atoms with Crippen LogP contribution in [0.2, 0.25) is 0 Å². The van der Waals surface area contributed by atoms with Crippen LogP contribution in [0.15, 0.2) is 34.7 Å². The zero-order valence-electron chi connectivity index (χ0n) is 10.6. The van der Waals surface area contributed by atoms with Crippen molar-refractivity contribution in [1.82, 2.24) is 0 Å². The third-order valence-electron chi connectivity index (χ3n) is 2.57. The smallest absolute Gasteiger partial charge is 0.291 e. The first-order chi connectivity index (χ1) is 8.60. The molecule has 0 aliphatic heterocycles. The molecule has 2 aromatic rings. The molecular formula is C14H15NO3. The normalized spacial score (nSPS) is 10.2. The molecule has 18 heavy (non-hydrogen) atoms. The topological polar surface area (TPSA) is 51.5 Å². The van der Waals surface area contributed by atoms with Gasteiger partial charge in [0.05, 0.1) is 12.8 Å². The largest absolute Gasteiger partial charge is 0.495 e. The van der Waals surface area contributed by atoms with Gasteiger partial charge in [-0.25, -0.2) is 0 Å². The van der Waals surface area contributed by atoms with Gasteiger partial charge in [0.2, 0.25) is 0 Å². The van der Waals surface area contributed by atoms with E-state index in [0.29, 0.717) is 17.2 Å². The molecule has 94 valence electrons. The molecule has 0 atom stereocenters. The Morgan fingerprint density at radius 3 is 2.61 bits per heavy atom. The zero-order chi connectivity index (χ0) is 13.1. The average Bonchev–Trinajstić information content (AvgIpc) is 2.76. The van der Waals surface area contributed by atoms with Crippen molar-refractivity contribution in [2.75, 3.05) is 12.4 Å². The van der Waals surface area contributed by atoms with Gasteiger partial charge in [-0.15, -0.1) is 0 Å². The summed E-state index contributed by atoms with van der Waals surface area (Å²) in [5.41, 5.74) is 1.68. The minimum absolute atomic E-state index is 0.285. The SMILES string of the molecule is COc1ccc(C)cc1NC(=O)c1ccc(C)o1. The van der Waals surface area contributed by atoms with E-state index in [1.54, 1.807) is 26.2 Å². The molecule has 2 rings (SSSR count). The van der Waals surface area contributed by atoms with E-state index >= 15 is 0 Å². The summed E-state index contributed by atoms with van der Waals surface area (Å²) in [6.45, 7) is 3.75. The maximum atomic E-state index is 11.9. The summed E-state index contributed by atoms with van der Waals surface area (Å²) in [5.74, 6) is 1.33. The van der Waals surface area contributed by atoms with Crippen molar-refractivity contribution in [2.24, 2.45) is 0 Å². The summed E-state index contributed by atoms with van der Waals surface area (Å²) in [6, 6.07) is 8.99. The van der Waals surface area contributed by atoms with E-state index in [2.05, 4.69) is 5.32 Å². The Labute approximate surface area is 106 Å². The number of nitrogens with one attached hydrogen (secondary N) is 1. The fourth-order valence-corrected chi connectivity index (χ4v) is 1.66. The molecule has 0 fully saturated rings. The predicted molar refractivity (Wildman–Crippen MR) is 69.1 cm³/mol. The molecule has 1 N–H and O–H groups in total. The minimum atomic E-state index is -0.285. The number of rotatable bonds is 3. The monoisotopic (exact) mass is 245 g/mol. The Morgan fingerprint density at radius 1 is 1.22 bits per heavy atom. The quantitative estimate of drug-likeness (QED) is 0.903. The highest BCUT2D eigenvalue weighted by molar-refractivity contribution is 6.03. The number of hydrogen-bond donors (Lipinski definition) is 1. The van der Waals surface area contributed by atoms with Crippen molar-refractivity contribution in [3.05, 3.63) is 47.4 Å². The number of furan rings is 1. The second-order valence-electron chi connectivity index (χ2n) is 4.07. The van der Waals surface area contributed by atoms with Crippen LogP contribution in [0.1, 0.15) is 21.9 Å². The Kier molecular flexibility index (Phi) is 3.37. The summed E-state index contributed by atoms with van der Waals surface area (Å²) < 4.78 is 10.5. The number of hydrogen-bond acceptors (Lipinski definition) is 3. The average molecular weight is 245 g/mol. The van der Waals surface area contributed by atoms with Crippen molar-refractivity contribution in [3.8, 4) is 5.75 Å². The summed E-state index contributed by atoms with van der Waals surface area (Å²) in [5, 5.41) is 2.77. The summed E-state index contributed by atoms with van der Waals surface area (Å²) in [6.07, 6.45) is 0. The van der Waals surface area contributed by atoms with Gasteiger partial charge in [0, 0.05) is 0 Å². The van der Waals surface area contributed by atoms with Crippen LogP contribution >= 0.6 is 0 Å². The number of amides is 1. The third kappa shape index (κ3) is 2.53. The molecule has 0 aliphatic rings. The molecule has 1 aromatic heterocycles. The first-order valence-corrected chi connectivity index (χ1v) is 5.62. The van der Waals surface area contributed by atoms with Gasteiger partial charge in [-0.1, -0.05) is 6.07 Å². The lowest BCUT2D eigenvalue weighted by Crippen LogP contribution is -2.11. The molecule has 4 heteroatoms. The number of carbonyl (C=O) groups excluding carboxylic acids is 1. The van der Waals surface area contributed by atoms with Gasteiger partial charge in [0.1, 0.15) is 11.5 Å². The summed E-state index contributed by atoms with van der Waals surface area (Å²) in [7, 11) is 1.57. The highest BCUT2D eigenvalue weighted by Crippen LogP contribution is 2.25. The minimum Gasteiger partial charge on any atom is -0.495 e. The van der Waals surface area contributed by atoms with Crippen molar-refractivity contribution in [3.63, 3.8) is 0 Å². The van der Waals surface area contributed by atoms with Crippen LogP contribution in [-0.4, -0.2) is 13.0 Å². The summed E-state index contributed by atoms with van der Waals surface area (Å²) in [4.78, 5) is 11.9. The standard InChI is InChI=1S/C14H15NO3/c1-9-4-6-12(17-3)11(8-9)15-14(16)13-7-5-10(2)18-13/h4-8H,1-3H3,(H,15,16). The first-order valence-electron chi connectivity index (χ1n) is 5.62. The van der Waals surface area contributed by atoms with Crippen LogP contribution in [-0.2, 0) is 0 Å². The molecule has 0 aliphatic carbocycles. The van der Waals surface area contributed by atoms with Crippen LogP contribution in [0.25, 0.3) is 0 Å². The van der Waals surface area contributed by atoms with Gasteiger partial charge in [0.25, 0.3) is 5.91 Å². The van der Waals surface area contributed by atoms with Gasteiger partial charge in [-0.3, -0.25) is 4.79 Å². The van der Waals surface area contributed by atoms with Crippen molar-refractivity contribution in [1.29, 1.82) is 0 Å². The van der Waals surface area contributed by atoms with E-state index in [9.17, 15) is 4.79 Å². The maximum absolute atomic E-state index is 11.9. The molecule has 1 heterocycles. The van der Waals surface area contributed by atoms with Crippen LogP contribution in [0.5, 0.6) is 5.75 Å². The van der Waals surface area contributed by atoms with Crippen molar-refractivity contribution >= 4 is 11.6 Å². The molecule has 0 saturated heterocycles. The van der Waals surface area contributed by atoms with Crippen molar-refractivity contribution in [2.45, 2.75) is 13.8 Å². The molecule has 1 amide bonds. The van der Waals surface area contributed by atoms with E-state index in [-0.39, 0.29) is 11.7 Å². The Hall–Kier alpha value is -2.23. The van der Waals surface area contributed by atoms with Crippen LogP contribution < -0.4 is 10.1 Å². The Bertz CT molecular complexity index is 572. The van der Waals surface area contributed by atoms with E-state index in [4.69, 9.17) is 9.15 Å². The molecule has 4 nitrogen and oxygen atoms in total. The number of anilines is 1. The van der Waals surface area contributed by atoms with Crippen LogP contribution in [0, 0.1) is 13.8 Å². The number of aryl methyl sites for hydroxylation is 2. The first kappa shape index (κ1) is 12.2. The molecule has 0 bridgehead atoms. The van der Waals surface area contributed by atoms with E-state index < -0.39 is 0 Å². The van der Waals surface area contributed by atoms with Crippen LogP contribution in [0.4, 0.5) is 5.69 Å². The maximum Gasteiger partial charge on any atom is 0.291 e. The van der Waals surface area contributed by atoms with E-state index in [0.717, 1.165) is 5.56 Å². The van der Waals surface area contributed by atoms with Gasteiger partial charge < -0.3 is 14.5 Å². The lowest BCUT2D eigenvalue weighted by molar-refractivity contribution is 0.0995. The lowest BCUT2D eigenvalue weighted by Gasteiger charge is -2.09. The van der Waals surface area contributed by atoms with E-state index in [1.807, 2.05) is 25.1 Å². The molecule has 0 unspecified atom stereocenters. The second-order valence-corrected chi connectivity index (χ2v) is 4.07. The van der Waals surface area contributed by atoms with E-state index in [1.165, 1.54) is 0 Å². The third-order valence-corrected chi connectivity index (χ3v) is 2.57. The fourth-order valence-electron chi connectivity index (χ4n) is 1.66. The Morgan fingerprint density at radius 2 is 2.00 bits per heavy atom. The van der Waals surface area contributed by atoms with Gasteiger partial charge >= 0.3 is 0 Å². The van der Waals surface area contributed by atoms with Gasteiger partial charge in [0.15, 0.2) is 5.76 Å². The van der Waals surface area contributed by atoms with Gasteiger partial charge in [-0.05, 0) is 43.7 Å². The number of benzene rings is 1. The number of carbonyl (C=O) groups is 1. The second kappa shape index (κ2) is 4.96. The van der Waals surface area contributed by atoms with Gasteiger partial charge in [-0.2, -0.15) is 0 Å². The number of ether oxygens (including phenoxy) is 1. The highest BCUT2D eigenvalue weighted by Gasteiger charge is 2.12. The zero-order valence-corrected chi connectivity index (χ0v) is 10.6. The molecule has 0 saturated carbocycles. The van der Waals surface area contributed by atoms with Crippen molar-refractivity contribution < 1.29 is 13.9 Å². The summed E-state index contributed by atoms with van der Waals surface area (Å²) >= 11 is 0.